The van der Waals surface area contributed by atoms with Crippen LogP contribution in [0.5, 0.6) is 0 Å². The van der Waals surface area contributed by atoms with Crippen LogP contribution in [0.2, 0.25) is 18.1 Å². The van der Waals surface area contributed by atoms with E-state index in [1.165, 1.54) is 0 Å². The van der Waals surface area contributed by atoms with Crippen molar-refractivity contribution in [2.75, 3.05) is 13.2 Å². The molecule has 0 amide bonds. The van der Waals surface area contributed by atoms with Crippen molar-refractivity contribution in [3.05, 3.63) is 11.6 Å². The van der Waals surface area contributed by atoms with E-state index in [4.69, 9.17) is 9.53 Å². The second-order valence-electron chi connectivity index (χ2n) is 6.22. The predicted octanol–water partition coefficient (Wildman–Crippen LogP) is 3.58. The summed E-state index contributed by atoms with van der Waals surface area (Å²) in [5.74, 6) is 0.376. The zero-order valence-corrected chi connectivity index (χ0v) is 12.9. The molecule has 0 aliphatic carbocycles. The average molecular weight is 244 g/mol. The van der Waals surface area contributed by atoms with E-state index in [1.54, 1.807) is 0 Å². The summed E-state index contributed by atoms with van der Waals surface area (Å²) in [6.07, 6.45) is 2.09. The summed E-state index contributed by atoms with van der Waals surface area (Å²) in [5.41, 5.74) is 1.02. The number of aliphatic hydroxyl groups excluding tert-OH is 1. The summed E-state index contributed by atoms with van der Waals surface area (Å²) in [7, 11) is -1.62. The molecule has 0 unspecified atom stereocenters. The Labute approximate surface area is 102 Å². The maximum Gasteiger partial charge on any atom is 0.192 e. The van der Waals surface area contributed by atoms with Crippen LogP contribution in [0.15, 0.2) is 11.6 Å². The highest BCUT2D eigenvalue weighted by molar-refractivity contribution is 6.74. The minimum absolute atomic E-state index is 0.143. The van der Waals surface area contributed by atoms with Crippen molar-refractivity contribution in [3.63, 3.8) is 0 Å². The van der Waals surface area contributed by atoms with Crippen molar-refractivity contribution in [2.24, 2.45) is 5.92 Å². The van der Waals surface area contributed by atoms with Crippen LogP contribution in [0.3, 0.4) is 0 Å². The first-order valence-corrected chi connectivity index (χ1v) is 8.93. The Morgan fingerprint density at radius 2 is 1.88 bits per heavy atom. The van der Waals surface area contributed by atoms with Gasteiger partial charge in [-0.05, 0) is 31.0 Å². The van der Waals surface area contributed by atoms with Crippen molar-refractivity contribution in [1.29, 1.82) is 0 Å². The smallest absolute Gasteiger partial charge is 0.192 e. The molecular weight excluding hydrogens is 216 g/mol. The molecular formula is C13H28O2Si. The summed E-state index contributed by atoms with van der Waals surface area (Å²) in [6.45, 7) is 16.3. The normalized spacial score (nSPS) is 16.4. The zero-order valence-electron chi connectivity index (χ0n) is 11.9. The summed E-state index contributed by atoms with van der Waals surface area (Å²) < 4.78 is 6.11. The Hall–Kier alpha value is -0.123. The van der Waals surface area contributed by atoms with E-state index in [0.717, 1.165) is 12.2 Å². The fourth-order valence-electron chi connectivity index (χ4n) is 1.14. The van der Waals surface area contributed by atoms with Gasteiger partial charge >= 0.3 is 0 Å². The van der Waals surface area contributed by atoms with Crippen molar-refractivity contribution in [3.8, 4) is 0 Å². The molecule has 0 heterocycles. The van der Waals surface area contributed by atoms with Crippen LogP contribution in [0.1, 0.15) is 34.6 Å². The molecule has 0 aromatic rings. The summed E-state index contributed by atoms with van der Waals surface area (Å²) in [5, 5.41) is 9.21. The highest BCUT2D eigenvalue weighted by atomic mass is 28.4. The number of rotatable bonds is 5. The quantitative estimate of drug-likeness (QED) is 0.591. The third kappa shape index (κ3) is 5.28. The molecule has 0 fully saturated rings. The molecule has 0 bridgehead atoms. The molecule has 0 aromatic heterocycles. The summed E-state index contributed by atoms with van der Waals surface area (Å²) in [6, 6.07) is 0. The van der Waals surface area contributed by atoms with Gasteiger partial charge in [-0.15, -0.1) is 0 Å². The van der Waals surface area contributed by atoms with Gasteiger partial charge in [-0.1, -0.05) is 39.3 Å². The van der Waals surface area contributed by atoms with Crippen LogP contribution < -0.4 is 0 Å². The Bertz CT molecular complexity index is 239. The van der Waals surface area contributed by atoms with E-state index in [1.807, 2.05) is 6.92 Å². The fourth-order valence-corrected chi connectivity index (χ4v) is 2.26. The van der Waals surface area contributed by atoms with E-state index in [-0.39, 0.29) is 11.6 Å². The first-order valence-electron chi connectivity index (χ1n) is 6.02. The minimum atomic E-state index is -1.62. The van der Waals surface area contributed by atoms with Crippen LogP contribution in [-0.4, -0.2) is 26.6 Å². The van der Waals surface area contributed by atoms with Crippen molar-refractivity contribution >= 4 is 8.32 Å². The van der Waals surface area contributed by atoms with Crippen LogP contribution in [0.25, 0.3) is 0 Å². The van der Waals surface area contributed by atoms with Gasteiger partial charge in [-0.2, -0.15) is 0 Å². The molecule has 3 heteroatoms. The van der Waals surface area contributed by atoms with Gasteiger partial charge in [0.25, 0.3) is 0 Å². The van der Waals surface area contributed by atoms with E-state index >= 15 is 0 Å². The first kappa shape index (κ1) is 15.9. The second kappa shape index (κ2) is 5.99. The topological polar surface area (TPSA) is 29.5 Å². The summed E-state index contributed by atoms with van der Waals surface area (Å²) >= 11 is 0. The zero-order chi connectivity index (χ0) is 13.0. The Morgan fingerprint density at radius 3 is 2.25 bits per heavy atom. The Morgan fingerprint density at radius 1 is 1.38 bits per heavy atom. The number of hydrogen-bond donors (Lipinski definition) is 1. The summed E-state index contributed by atoms with van der Waals surface area (Å²) in [4.78, 5) is 0. The van der Waals surface area contributed by atoms with Gasteiger partial charge in [0.2, 0.25) is 0 Å². The third-order valence-corrected chi connectivity index (χ3v) is 7.83. The molecule has 0 aliphatic heterocycles. The van der Waals surface area contributed by atoms with Crippen LogP contribution in [0.4, 0.5) is 0 Å². The SMILES string of the molecule is C/C(=C\[C@@H](C)CO[Si](C)(C)C(C)(C)C)CO. The molecule has 0 spiro atoms. The molecule has 0 saturated heterocycles. The van der Waals surface area contributed by atoms with Gasteiger partial charge in [0.1, 0.15) is 0 Å². The van der Waals surface area contributed by atoms with Crippen molar-refractivity contribution < 1.29 is 9.53 Å². The fraction of sp³-hybridized carbons (Fsp3) is 0.846. The van der Waals surface area contributed by atoms with Gasteiger partial charge in [-0.3, -0.25) is 0 Å². The van der Waals surface area contributed by atoms with E-state index in [2.05, 4.69) is 46.9 Å². The van der Waals surface area contributed by atoms with Crippen molar-refractivity contribution in [2.45, 2.75) is 52.8 Å². The lowest BCUT2D eigenvalue weighted by molar-refractivity contribution is 0.257. The monoisotopic (exact) mass is 244 g/mol. The molecule has 16 heavy (non-hydrogen) atoms. The highest BCUT2D eigenvalue weighted by Gasteiger charge is 2.37. The van der Waals surface area contributed by atoms with Gasteiger partial charge in [0.05, 0.1) is 6.61 Å². The molecule has 0 rings (SSSR count). The molecule has 0 saturated carbocycles. The van der Waals surface area contributed by atoms with E-state index in [0.29, 0.717) is 5.92 Å². The third-order valence-electron chi connectivity index (χ3n) is 3.33. The van der Waals surface area contributed by atoms with Gasteiger partial charge in [-0.25, -0.2) is 0 Å². The first-order chi connectivity index (χ1) is 7.10. The largest absolute Gasteiger partial charge is 0.416 e. The average Bonchev–Trinajstić information content (AvgIpc) is 2.13. The number of hydrogen-bond acceptors (Lipinski definition) is 2. The molecule has 96 valence electrons. The van der Waals surface area contributed by atoms with E-state index < -0.39 is 8.32 Å². The molecule has 2 nitrogen and oxygen atoms in total. The van der Waals surface area contributed by atoms with Gasteiger partial charge in [0.15, 0.2) is 8.32 Å². The lowest BCUT2D eigenvalue weighted by atomic mass is 10.1. The lowest BCUT2D eigenvalue weighted by Gasteiger charge is -2.36. The maximum absolute atomic E-state index is 8.94. The number of aliphatic hydroxyl groups is 1. The maximum atomic E-state index is 8.94. The van der Waals surface area contributed by atoms with Gasteiger partial charge < -0.3 is 9.53 Å². The molecule has 1 N–H and O–H groups in total. The Balaban J connectivity index is 4.26. The van der Waals surface area contributed by atoms with Crippen LogP contribution in [0, 0.1) is 5.92 Å². The molecule has 0 aromatic carbocycles. The standard InChI is InChI=1S/C13H28O2Si/c1-11(9-14)8-12(2)10-15-16(6,7)13(3,4)5/h8,12,14H,9-10H2,1-7H3/b11-8+/t12-/m1/s1. The molecule has 0 radical (unpaired) electrons. The minimum Gasteiger partial charge on any atom is -0.416 e. The van der Waals surface area contributed by atoms with Crippen molar-refractivity contribution in [1.82, 2.24) is 0 Å². The Kier molecular flexibility index (Phi) is 5.94. The predicted molar refractivity (Wildman–Crippen MR) is 73.2 cm³/mol. The second-order valence-corrected chi connectivity index (χ2v) is 11.0. The lowest BCUT2D eigenvalue weighted by Crippen LogP contribution is -2.41. The van der Waals surface area contributed by atoms with E-state index in [9.17, 15) is 0 Å². The molecule has 1 atom stereocenters. The van der Waals surface area contributed by atoms with Crippen LogP contribution >= 0.6 is 0 Å². The highest BCUT2D eigenvalue weighted by Crippen LogP contribution is 2.36. The molecule has 0 aliphatic rings. The van der Waals surface area contributed by atoms with Crippen LogP contribution in [-0.2, 0) is 4.43 Å². The van der Waals surface area contributed by atoms with Gasteiger partial charge in [0, 0.05) is 6.61 Å².